The zero-order valence-corrected chi connectivity index (χ0v) is 28.3. The number of likely N-dealkylation sites (tertiary alicyclic amines) is 1. The van der Waals surface area contributed by atoms with Gasteiger partial charge in [0, 0.05) is 47.7 Å². The lowest BCUT2D eigenvalue weighted by atomic mass is 9.82. The molecule has 14 heteroatoms. The summed E-state index contributed by atoms with van der Waals surface area (Å²) < 4.78 is 31.9. The summed E-state index contributed by atoms with van der Waals surface area (Å²) in [5.74, 6) is -1.73. The molecule has 2 unspecified atom stereocenters. The molecule has 6 rings (SSSR count). The molecule has 3 aliphatic heterocycles. The van der Waals surface area contributed by atoms with Gasteiger partial charge in [0.1, 0.15) is 17.8 Å². The van der Waals surface area contributed by atoms with E-state index >= 15 is 0 Å². The van der Waals surface area contributed by atoms with Crippen molar-refractivity contribution in [2.45, 2.75) is 75.9 Å². The normalized spacial score (nSPS) is 24.4. The number of aromatic nitrogens is 1. The van der Waals surface area contributed by atoms with Gasteiger partial charge in [0.2, 0.25) is 17.7 Å². The van der Waals surface area contributed by atoms with Crippen molar-refractivity contribution in [1.29, 1.82) is 0 Å². The van der Waals surface area contributed by atoms with Crippen LogP contribution in [0, 0.1) is 11.8 Å². The predicted octanol–water partition coefficient (Wildman–Crippen LogP) is 4.99. The third-order valence-electron chi connectivity index (χ3n) is 9.99. The number of thiophene rings is 1. The van der Waals surface area contributed by atoms with Crippen LogP contribution in [0.1, 0.15) is 78.6 Å². The Morgan fingerprint density at radius 3 is 2.60 bits per heavy atom. The van der Waals surface area contributed by atoms with Crippen molar-refractivity contribution in [3.63, 3.8) is 0 Å². The summed E-state index contributed by atoms with van der Waals surface area (Å²) in [6.07, 6.45) is 6.74. The first-order valence-electron chi connectivity index (χ1n) is 16.0. The summed E-state index contributed by atoms with van der Waals surface area (Å²) in [4.78, 5) is 68.2. The first kappa shape index (κ1) is 33.5. The van der Waals surface area contributed by atoms with E-state index in [1.165, 1.54) is 24.3 Å². The largest absolute Gasteiger partial charge is 0.496 e. The zero-order valence-electron chi connectivity index (χ0n) is 26.5. The number of ether oxygens (including phenoxy) is 1. The molecule has 0 bridgehead atoms. The molecule has 0 aliphatic carbocycles. The molecule has 0 saturated carbocycles. The molecular formula is C33H40FN4O7PS. The second kappa shape index (κ2) is 13.3. The lowest BCUT2D eigenvalue weighted by Crippen LogP contribution is -2.60. The number of nitrogens with one attached hydrogen (secondary N) is 1. The van der Waals surface area contributed by atoms with Crippen LogP contribution in [0.4, 0.5) is 4.39 Å². The van der Waals surface area contributed by atoms with Crippen LogP contribution in [0.5, 0.6) is 5.75 Å². The van der Waals surface area contributed by atoms with E-state index in [1.54, 1.807) is 29.3 Å². The van der Waals surface area contributed by atoms with E-state index < -0.39 is 31.5 Å². The minimum absolute atomic E-state index is 0.0755. The van der Waals surface area contributed by atoms with Crippen molar-refractivity contribution in [1.82, 2.24) is 20.1 Å². The number of hydrogen-bond acceptors (Lipinski definition) is 7. The predicted molar refractivity (Wildman–Crippen MR) is 175 cm³/mol. The fraction of sp³-hybridized carbons (Fsp3) is 0.515. The quantitative estimate of drug-likeness (QED) is 0.281. The van der Waals surface area contributed by atoms with E-state index in [0.29, 0.717) is 52.7 Å². The average molecular weight is 687 g/mol. The highest BCUT2D eigenvalue weighted by Crippen LogP contribution is 2.53. The van der Waals surface area contributed by atoms with Crippen molar-refractivity contribution in [3.05, 3.63) is 58.7 Å². The lowest BCUT2D eigenvalue weighted by Gasteiger charge is -2.44. The molecule has 3 fully saturated rings. The van der Waals surface area contributed by atoms with Gasteiger partial charge in [-0.15, -0.1) is 11.3 Å². The van der Waals surface area contributed by atoms with Crippen LogP contribution in [0.3, 0.4) is 0 Å². The molecule has 2 aromatic heterocycles. The molecule has 3 saturated heterocycles. The van der Waals surface area contributed by atoms with E-state index in [9.17, 15) is 33.1 Å². The standard InChI is InChI=1S/C33H40FN4O7PS/c1-18(2)19-4-7-25(36-31(39)29-14-21-12-20(5-9-28(21)47-29)30(34)46(42,43)44)32(40)38-23(13-19)6-8-26(38)33(41)37-16-22(17-37)24-15-35-11-10-27(24)45-3/h5,9-12,14-15,18-19,22-23,25-26,30H,4,6-8,13,16-17H2,1-3H3,(H,36,39)(H2,42,43,44)/t19-,23-,25?,26+,30?/m1/s1. The van der Waals surface area contributed by atoms with Gasteiger partial charge in [0.15, 0.2) is 0 Å². The maximum atomic E-state index is 14.3. The van der Waals surface area contributed by atoms with E-state index in [-0.39, 0.29) is 29.3 Å². The molecule has 0 spiro atoms. The number of pyridine rings is 1. The van der Waals surface area contributed by atoms with Gasteiger partial charge in [0.05, 0.1) is 12.0 Å². The average Bonchev–Trinajstić information content (AvgIpc) is 3.63. The highest BCUT2D eigenvalue weighted by molar-refractivity contribution is 7.51. The molecule has 3 aliphatic rings. The van der Waals surface area contributed by atoms with Crippen molar-refractivity contribution >= 4 is 46.7 Å². The van der Waals surface area contributed by atoms with Gasteiger partial charge in [-0.3, -0.25) is 23.9 Å². The molecule has 47 heavy (non-hydrogen) atoms. The zero-order chi connectivity index (χ0) is 33.6. The topological polar surface area (TPSA) is 149 Å². The number of nitrogens with zero attached hydrogens (tertiary/aromatic N) is 3. The first-order valence-corrected chi connectivity index (χ1v) is 18.5. The molecular weight excluding hydrogens is 646 g/mol. The number of fused-ring (bicyclic) bond motifs is 2. The minimum Gasteiger partial charge on any atom is -0.496 e. The molecule has 252 valence electrons. The summed E-state index contributed by atoms with van der Waals surface area (Å²) in [5, 5.41) is 3.41. The number of carbonyl (C=O) groups excluding carboxylic acids is 3. The monoisotopic (exact) mass is 686 g/mol. The Bertz CT molecular complexity index is 1720. The van der Waals surface area contributed by atoms with Crippen LogP contribution in [0.2, 0.25) is 0 Å². The van der Waals surface area contributed by atoms with Crippen LogP contribution in [0.25, 0.3) is 10.1 Å². The minimum atomic E-state index is -4.99. The van der Waals surface area contributed by atoms with Gasteiger partial charge in [-0.25, -0.2) is 4.39 Å². The van der Waals surface area contributed by atoms with Crippen LogP contribution in [0.15, 0.2) is 42.7 Å². The Balaban J connectivity index is 1.20. The SMILES string of the molecule is COc1ccncc1C1CN(C(=O)[C@@H]2CC[C@@H]3C[C@H](C(C)C)CCC(NC(=O)c4cc5cc(C(F)P(=O)(O)O)ccc5s4)C(=O)N32)C1. The van der Waals surface area contributed by atoms with Crippen LogP contribution < -0.4 is 10.1 Å². The Hall–Kier alpha value is -3.38. The van der Waals surface area contributed by atoms with Crippen molar-refractivity contribution in [2.75, 3.05) is 20.2 Å². The highest BCUT2D eigenvalue weighted by atomic mass is 32.1. The van der Waals surface area contributed by atoms with Crippen molar-refractivity contribution < 1.29 is 37.9 Å². The van der Waals surface area contributed by atoms with Gasteiger partial charge < -0.3 is 29.6 Å². The van der Waals surface area contributed by atoms with E-state index in [2.05, 4.69) is 24.1 Å². The second-order valence-electron chi connectivity index (χ2n) is 13.2. The van der Waals surface area contributed by atoms with Gasteiger partial charge in [-0.05, 0) is 79.2 Å². The summed E-state index contributed by atoms with van der Waals surface area (Å²) in [6.45, 7) is 5.36. The molecule has 5 heterocycles. The Kier molecular flexibility index (Phi) is 9.46. The Morgan fingerprint density at radius 1 is 1.13 bits per heavy atom. The number of halogens is 1. The summed E-state index contributed by atoms with van der Waals surface area (Å²) in [7, 11) is -3.38. The Labute approximate surface area is 276 Å². The number of rotatable bonds is 8. The third kappa shape index (κ3) is 6.68. The molecule has 5 atom stereocenters. The smallest absolute Gasteiger partial charge is 0.363 e. The maximum Gasteiger partial charge on any atom is 0.363 e. The van der Waals surface area contributed by atoms with Crippen molar-refractivity contribution in [3.8, 4) is 5.75 Å². The van der Waals surface area contributed by atoms with E-state index in [1.807, 2.05) is 6.07 Å². The maximum absolute atomic E-state index is 14.3. The number of hydrogen-bond donors (Lipinski definition) is 3. The number of benzene rings is 1. The Morgan fingerprint density at radius 2 is 1.89 bits per heavy atom. The van der Waals surface area contributed by atoms with Gasteiger partial charge >= 0.3 is 7.60 Å². The number of carbonyl (C=O) groups is 3. The van der Waals surface area contributed by atoms with Gasteiger partial charge in [-0.2, -0.15) is 0 Å². The highest BCUT2D eigenvalue weighted by Gasteiger charge is 2.48. The molecule has 1 aromatic carbocycles. The van der Waals surface area contributed by atoms with Crippen LogP contribution in [-0.2, 0) is 14.2 Å². The molecule has 3 aromatic rings. The fourth-order valence-electron chi connectivity index (χ4n) is 7.28. The third-order valence-corrected chi connectivity index (χ3v) is 12.0. The van der Waals surface area contributed by atoms with Crippen LogP contribution in [-0.4, -0.2) is 80.6 Å². The number of methoxy groups -OCH3 is 1. The van der Waals surface area contributed by atoms with Gasteiger partial charge in [0.25, 0.3) is 5.91 Å². The molecule has 3 N–H and O–H groups in total. The van der Waals surface area contributed by atoms with E-state index in [4.69, 9.17) is 4.74 Å². The first-order chi connectivity index (χ1) is 22.3. The van der Waals surface area contributed by atoms with Gasteiger partial charge in [-0.1, -0.05) is 19.9 Å². The number of amides is 3. The van der Waals surface area contributed by atoms with E-state index in [0.717, 1.165) is 41.9 Å². The van der Waals surface area contributed by atoms with Crippen molar-refractivity contribution in [2.24, 2.45) is 11.8 Å². The summed E-state index contributed by atoms with van der Waals surface area (Å²) >= 11 is 1.15. The van der Waals surface area contributed by atoms with Crippen LogP contribution >= 0.6 is 18.9 Å². The number of alkyl halides is 1. The molecule has 0 radical (unpaired) electrons. The summed E-state index contributed by atoms with van der Waals surface area (Å²) in [6, 6.07) is 5.99. The second-order valence-corrected chi connectivity index (χ2v) is 15.9. The summed E-state index contributed by atoms with van der Waals surface area (Å²) in [5.41, 5.74) is 0.784. The lowest BCUT2D eigenvalue weighted by molar-refractivity contribution is -0.150. The molecule has 11 nitrogen and oxygen atoms in total. The fourth-order valence-corrected chi connectivity index (χ4v) is 8.77. The molecule has 3 amide bonds.